The van der Waals surface area contributed by atoms with E-state index in [0.29, 0.717) is 17.4 Å². The third kappa shape index (κ3) is 3.58. The van der Waals surface area contributed by atoms with Crippen LogP contribution in [0.3, 0.4) is 0 Å². The highest BCUT2D eigenvalue weighted by atomic mass is 32.2. The Labute approximate surface area is 115 Å². The van der Waals surface area contributed by atoms with E-state index in [1.54, 1.807) is 12.3 Å². The third-order valence-electron chi connectivity index (χ3n) is 3.62. The zero-order valence-electron chi connectivity index (χ0n) is 11.8. The molecule has 0 spiro atoms. The topological polar surface area (TPSA) is 63.1 Å². The highest BCUT2D eigenvalue weighted by molar-refractivity contribution is 7.89. The minimum atomic E-state index is -3.39. The van der Waals surface area contributed by atoms with Crippen molar-refractivity contribution in [1.29, 1.82) is 0 Å². The maximum absolute atomic E-state index is 12.3. The first-order chi connectivity index (χ1) is 8.94. The molecule has 19 heavy (non-hydrogen) atoms. The number of aromatic nitrogens is 1. The zero-order valence-corrected chi connectivity index (χ0v) is 12.6. The molecule has 1 unspecified atom stereocenters. The zero-order chi connectivity index (χ0) is 14.0. The van der Waals surface area contributed by atoms with Gasteiger partial charge in [-0.25, -0.2) is 13.1 Å². The Morgan fingerprint density at radius 1 is 1.47 bits per heavy atom. The van der Waals surface area contributed by atoms with Crippen LogP contribution in [0.4, 0.5) is 0 Å². The number of hydrogen-bond donors (Lipinski definition) is 2. The largest absolute Gasteiger partial charge is 0.352 e. The summed E-state index contributed by atoms with van der Waals surface area (Å²) in [5, 5.41) is 3.20. The van der Waals surface area contributed by atoms with E-state index >= 15 is 0 Å². The predicted octanol–water partition coefficient (Wildman–Crippen LogP) is 1.21. The molecular weight excluding hydrogens is 262 g/mol. The second-order valence-electron chi connectivity index (χ2n) is 5.31. The summed E-state index contributed by atoms with van der Waals surface area (Å²) in [5.41, 5.74) is 0.973. The number of aryl methyl sites for hydroxylation is 1. The van der Waals surface area contributed by atoms with E-state index in [0.717, 1.165) is 25.1 Å². The van der Waals surface area contributed by atoms with Crippen molar-refractivity contribution in [2.24, 2.45) is 13.0 Å². The molecule has 0 bridgehead atoms. The SMILES string of the molecule is CCNCc1cc(S(=O)(=O)NC(C)C2CC2)cn1C. The van der Waals surface area contributed by atoms with Crippen LogP contribution in [0.5, 0.6) is 0 Å². The first-order valence-corrected chi connectivity index (χ1v) is 8.30. The lowest BCUT2D eigenvalue weighted by Crippen LogP contribution is -2.33. The van der Waals surface area contributed by atoms with Gasteiger partial charge in [0.05, 0.1) is 4.90 Å². The molecular formula is C13H23N3O2S. The molecule has 1 atom stereocenters. The van der Waals surface area contributed by atoms with Crippen LogP contribution in [0.15, 0.2) is 17.2 Å². The van der Waals surface area contributed by atoms with E-state index in [9.17, 15) is 8.42 Å². The minimum Gasteiger partial charge on any atom is -0.352 e. The van der Waals surface area contributed by atoms with Gasteiger partial charge in [-0.1, -0.05) is 6.92 Å². The normalized spacial score (nSPS) is 17.6. The van der Waals surface area contributed by atoms with Crippen molar-refractivity contribution < 1.29 is 8.42 Å². The molecule has 1 fully saturated rings. The van der Waals surface area contributed by atoms with Gasteiger partial charge < -0.3 is 9.88 Å². The van der Waals surface area contributed by atoms with E-state index in [1.165, 1.54) is 0 Å². The van der Waals surface area contributed by atoms with Gasteiger partial charge in [0.15, 0.2) is 0 Å². The van der Waals surface area contributed by atoms with Crippen LogP contribution >= 0.6 is 0 Å². The monoisotopic (exact) mass is 285 g/mol. The van der Waals surface area contributed by atoms with Gasteiger partial charge in [0, 0.05) is 31.5 Å². The number of hydrogen-bond acceptors (Lipinski definition) is 3. The average molecular weight is 285 g/mol. The maximum Gasteiger partial charge on any atom is 0.242 e. The Kier molecular flexibility index (Phi) is 4.32. The summed E-state index contributed by atoms with van der Waals surface area (Å²) in [6, 6.07) is 1.77. The van der Waals surface area contributed by atoms with Gasteiger partial charge in [-0.2, -0.15) is 0 Å². The van der Waals surface area contributed by atoms with Crippen LogP contribution in [0.1, 0.15) is 32.4 Å². The van der Waals surface area contributed by atoms with Crippen molar-refractivity contribution >= 4 is 10.0 Å². The van der Waals surface area contributed by atoms with Crippen molar-refractivity contribution in [3.05, 3.63) is 18.0 Å². The molecule has 108 valence electrons. The summed E-state index contributed by atoms with van der Waals surface area (Å²) in [7, 11) is -1.52. The average Bonchev–Trinajstić information content (AvgIpc) is 3.11. The van der Waals surface area contributed by atoms with E-state index in [-0.39, 0.29) is 6.04 Å². The fourth-order valence-electron chi connectivity index (χ4n) is 2.16. The van der Waals surface area contributed by atoms with Crippen LogP contribution in [0.25, 0.3) is 0 Å². The van der Waals surface area contributed by atoms with Crippen LogP contribution in [-0.2, 0) is 23.6 Å². The Morgan fingerprint density at radius 2 is 2.16 bits per heavy atom. The van der Waals surface area contributed by atoms with Crippen LogP contribution in [0, 0.1) is 5.92 Å². The lowest BCUT2D eigenvalue weighted by atomic mass is 10.2. The van der Waals surface area contributed by atoms with E-state index in [2.05, 4.69) is 10.0 Å². The molecule has 0 aromatic carbocycles. The highest BCUT2D eigenvalue weighted by Crippen LogP contribution is 2.33. The highest BCUT2D eigenvalue weighted by Gasteiger charge is 2.31. The smallest absolute Gasteiger partial charge is 0.242 e. The van der Waals surface area contributed by atoms with Gasteiger partial charge in [-0.05, 0) is 38.3 Å². The van der Waals surface area contributed by atoms with E-state index in [1.807, 2.05) is 25.5 Å². The summed E-state index contributed by atoms with van der Waals surface area (Å²) >= 11 is 0. The van der Waals surface area contributed by atoms with E-state index in [4.69, 9.17) is 0 Å². The molecule has 6 heteroatoms. The number of rotatable bonds is 7. The number of sulfonamides is 1. The molecule has 1 aliphatic rings. The van der Waals surface area contributed by atoms with Crippen molar-refractivity contribution in [2.75, 3.05) is 6.54 Å². The fraction of sp³-hybridized carbons (Fsp3) is 0.692. The molecule has 0 amide bonds. The summed E-state index contributed by atoms with van der Waals surface area (Å²) in [4.78, 5) is 0.357. The Bertz CT molecular complexity index is 532. The van der Waals surface area contributed by atoms with Crippen molar-refractivity contribution in [1.82, 2.24) is 14.6 Å². The molecule has 1 aromatic heterocycles. The van der Waals surface area contributed by atoms with Gasteiger partial charge in [-0.15, -0.1) is 0 Å². The second-order valence-corrected chi connectivity index (χ2v) is 7.02. The molecule has 0 saturated heterocycles. The van der Waals surface area contributed by atoms with Gasteiger partial charge in [-0.3, -0.25) is 0 Å². The second kappa shape index (κ2) is 5.64. The van der Waals surface area contributed by atoms with E-state index < -0.39 is 10.0 Å². The molecule has 0 radical (unpaired) electrons. The lowest BCUT2D eigenvalue weighted by Gasteiger charge is -2.11. The van der Waals surface area contributed by atoms with Gasteiger partial charge >= 0.3 is 0 Å². The Morgan fingerprint density at radius 3 is 2.74 bits per heavy atom. The van der Waals surface area contributed by atoms with Crippen molar-refractivity contribution in [3.8, 4) is 0 Å². The quantitative estimate of drug-likeness (QED) is 0.791. The lowest BCUT2D eigenvalue weighted by molar-refractivity contribution is 0.538. The molecule has 5 nitrogen and oxygen atoms in total. The summed E-state index contributed by atoms with van der Waals surface area (Å²) in [6.07, 6.45) is 3.93. The molecule has 2 N–H and O–H groups in total. The van der Waals surface area contributed by atoms with Crippen LogP contribution < -0.4 is 10.0 Å². The molecule has 0 aliphatic heterocycles. The molecule has 1 saturated carbocycles. The first kappa shape index (κ1) is 14.6. The number of nitrogens with zero attached hydrogens (tertiary/aromatic N) is 1. The molecule has 1 aromatic rings. The first-order valence-electron chi connectivity index (χ1n) is 6.82. The predicted molar refractivity (Wildman–Crippen MR) is 75.3 cm³/mol. The van der Waals surface area contributed by atoms with Gasteiger partial charge in [0.2, 0.25) is 10.0 Å². The molecule has 2 rings (SSSR count). The number of nitrogens with one attached hydrogen (secondary N) is 2. The Balaban J connectivity index is 2.11. The summed E-state index contributed by atoms with van der Waals surface area (Å²) in [6.45, 7) is 5.52. The third-order valence-corrected chi connectivity index (χ3v) is 5.15. The van der Waals surface area contributed by atoms with Crippen molar-refractivity contribution in [2.45, 2.75) is 44.2 Å². The fourth-order valence-corrected chi connectivity index (χ4v) is 3.56. The molecule has 1 heterocycles. The van der Waals surface area contributed by atoms with Crippen LogP contribution in [0.2, 0.25) is 0 Å². The minimum absolute atomic E-state index is 0.0300. The Hall–Kier alpha value is -0.850. The van der Waals surface area contributed by atoms with Gasteiger partial charge in [0.1, 0.15) is 0 Å². The molecule has 1 aliphatic carbocycles. The summed E-state index contributed by atoms with van der Waals surface area (Å²) < 4.78 is 29.2. The summed E-state index contributed by atoms with van der Waals surface area (Å²) in [5.74, 6) is 0.514. The maximum atomic E-state index is 12.3. The van der Waals surface area contributed by atoms with Crippen molar-refractivity contribution in [3.63, 3.8) is 0 Å². The van der Waals surface area contributed by atoms with Crippen LogP contribution in [-0.4, -0.2) is 25.6 Å². The van der Waals surface area contributed by atoms with Gasteiger partial charge in [0.25, 0.3) is 0 Å². The standard InChI is InChI=1S/C13H23N3O2S/c1-4-14-8-12-7-13(9-16(12)3)19(17,18)15-10(2)11-5-6-11/h7,9-11,14-15H,4-6,8H2,1-3H3.